The van der Waals surface area contributed by atoms with E-state index in [4.69, 9.17) is 9.47 Å². The molecule has 1 aliphatic rings. The van der Waals surface area contributed by atoms with E-state index in [0.717, 1.165) is 30.7 Å². The number of rotatable bonds is 8. The van der Waals surface area contributed by atoms with Gasteiger partial charge in [-0.1, -0.05) is 6.92 Å². The second-order valence-corrected chi connectivity index (χ2v) is 14.8. The molecule has 13 nitrogen and oxygen atoms in total. The van der Waals surface area contributed by atoms with Gasteiger partial charge in [0.2, 0.25) is 0 Å². The van der Waals surface area contributed by atoms with Crippen molar-refractivity contribution >= 4 is 33.3 Å². The Hall–Kier alpha value is -4.19. The lowest BCUT2D eigenvalue weighted by Crippen LogP contribution is -2.48. The Labute approximate surface area is 295 Å². The fourth-order valence-corrected chi connectivity index (χ4v) is 6.67. The third kappa shape index (κ3) is 10.4. The summed E-state index contributed by atoms with van der Waals surface area (Å²) < 4.78 is 80.6. The van der Waals surface area contributed by atoms with Gasteiger partial charge in [-0.05, 0) is 75.6 Å². The fourth-order valence-electron chi connectivity index (χ4n) is 5.53. The number of alkyl halides is 3. The molecule has 1 aliphatic heterocycles. The zero-order valence-corrected chi connectivity index (χ0v) is 30.0. The Kier molecular flexibility index (Phi) is 13.1. The van der Waals surface area contributed by atoms with E-state index in [0.29, 0.717) is 19.4 Å². The monoisotopic (exact) mass is 738 g/mol. The van der Waals surface area contributed by atoms with Crippen LogP contribution in [0.5, 0.6) is 5.75 Å². The Morgan fingerprint density at radius 3 is 2.41 bits per heavy atom. The minimum absolute atomic E-state index is 0.0200. The maximum absolute atomic E-state index is 14.3. The van der Waals surface area contributed by atoms with Crippen LogP contribution in [-0.2, 0) is 28.0 Å². The molecular formula is C34H45F3N6O7S. The van der Waals surface area contributed by atoms with Crippen molar-refractivity contribution in [3.05, 3.63) is 66.1 Å². The number of urea groups is 1. The second-order valence-electron chi connectivity index (χ2n) is 12.8. The maximum atomic E-state index is 14.3. The molecule has 51 heavy (non-hydrogen) atoms. The molecule has 0 radical (unpaired) electrons. The molecule has 2 heterocycles. The number of fused-ring (bicyclic) bond motifs is 1. The van der Waals surface area contributed by atoms with Gasteiger partial charge in [-0.15, -0.1) is 0 Å². The Morgan fingerprint density at radius 2 is 1.78 bits per heavy atom. The number of halogens is 3. The zero-order chi connectivity index (χ0) is 37.5. The normalized spacial score (nSPS) is 20.2. The highest BCUT2D eigenvalue weighted by atomic mass is 32.2. The lowest BCUT2D eigenvalue weighted by Gasteiger charge is -2.35. The number of amides is 3. The summed E-state index contributed by atoms with van der Waals surface area (Å²) in [4.78, 5) is 32.6. The van der Waals surface area contributed by atoms with Crippen LogP contribution in [0.4, 0.5) is 29.3 Å². The van der Waals surface area contributed by atoms with E-state index < -0.39 is 51.8 Å². The number of aromatic nitrogens is 2. The first-order chi connectivity index (χ1) is 24.0. The van der Waals surface area contributed by atoms with Gasteiger partial charge in [0.25, 0.3) is 15.9 Å². The number of ether oxygens (including phenoxy) is 2. The summed E-state index contributed by atoms with van der Waals surface area (Å²) in [5, 5.41) is 15.2. The van der Waals surface area contributed by atoms with Crippen molar-refractivity contribution in [1.29, 1.82) is 0 Å². The highest BCUT2D eigenvalue weighted by Gasteiger charge is 2.33. The number of imidazole rings is 1. The zero-order valence-electron chi connectivity index (χ0n) is 29.2. The van der Waals surface area contributed by atoms with Crippen LogP contribution in [0.3, 0.4) is 0 Å². The number of carbonyl (C=O) groups is 2. The number of sulfonamides is 1. The molecule has 0 saturated heterocycles. The van der Waals surface area contributed by atoms with Crippen LogP contribution in [0.15, 0.2) is 60.0 Å². The second kappa shape index (κ2) is 16.9. The average Bonchev–Trinajstić information content (AvgIpc) is 3.52. The third-order valence-corrected chi connectivity index (χ3v) is 10.3. The van der Waals surface area contributed by atoms with E-state index in [1.807, 2.05) is 13.8 Å². The Balaban J connectivity index is 1.60. The van der Waals surface area contributed by atoms with Crippen LogP contribution >= 0.6 is 0 Å². The van der Waals surface area contributed by atoms with E-state index in [1.165, 1.54) is 39.4 Å². The quantitative estimate of drug-likeness (QED) is 0.285. The summed E-state index contributed by atoms with van der Waals surface area (Å²) in [7, 11) is -0.820. The van der Waals surface area contributed by atoms with E-state index in [2.05, 4.69) is 15.6 Å². The standard InChI is InChI=1S/C34H45F3N6O7S/c1-22-17-43(23(2)20-44)32(45)28-16-27(40-33(46)39-26-11-9-25(10-12-26)34(35,36)37)13-14-29(28)50-24(3)8-6-7-15-49-30(22)18-42(5)51(47,48)31-19-41(4)21-38-31/h9-14,16,19,21-24,30,44H,6-8,15,17-18,20H2,1-5H3,(H2,39,40,46)/t22-,23+,24+,30-/m1/s1. The minimum Gasteiger partial charge on any atom is -0.490 e. The number of carbonyl (C=O) groups excluding carboxylic acids is 2. The Morgan fingerprint density at radius 1 is 1.12 bits per heavy atom. The maximum Gasteiger partial charge on any atom is 0.416 e. The van der Waals surface area contributed by atoms with Gasteiger partial charge < -0.3 is 34.7 Å². The molecule has 4 rings (SSSR count). The van der Waals surface area contributed by atoms with Crippen LogP contribution in [0, 0.1) is 5.92 Å². The predicted molar refractivity (Wildman–Crippen MR) is 184 cm³/mol. The first-order valence-corrected chi connectivity index (χ1v) is 18.0. The summed E-state index contributed by atoms with van der Waals surface area (Å²) in [6, 6.07) is 7.06. The molecule has 1 aromatic heterocycles. The number of aliphatic hydroxyl groups is 1. The number of nitrogens with one attached hydrogen (secondary N) is 2. The number of anilines is 2. The number of aliphatic hydroxyl groups excluding tert-OH is 1. The smallest absolute Gasteiger partial charge is 0.416 e. The Bertz CT molecular complexity index is 1750. The van der Waals surface area contributed by atoms with E-state index >= 15 is 0 Å². The molecule has 0 unspecified atom stereocenters. The summed E-state index contributed by atoms with van der Waals surface area (Å²) in [6.07, 6.45) is -0.630. The number of benzene rings is 2. The van der Waals surface area contributed by atoms with E-state index in [-0.39, 0.29) is 53.5 Å². The van der Waals surface area contributed by atoms with Crippen molar-refractivity contribution in [2.75, 3.05) is 44.0 Å². The number of likely N-dealkylation sites (N-methyl/N-ethyl adjacent to an activating group) is 1. The van der Waals surface area contributed by atoms with Gasteiger partial charge in [-0.2, -0.15) is 17.5 Å². The first-order valence-electron chi connectivity index (χ1n) is 16.5. The highest BCUT2D eigenvalue weighted by molar-refractivity contribution is 7.89. The molecular weight excluding hydrogens is 693 g/mol. The molecule has 280 valence electrons. The average molecular weight is 739 g/mol. The summed E-state index contributed by atoms with van der Waals surface area (Å²) >= 11 is 0. The molecule has 0 bridgehead atoms. The summed E-state index contributed by atoms with van der Waals surface area (Å²) in [5.41, 5.74) is -0.427. The molecule has 17 heteroatoms. The van der Waals surface area contributed by atoms with Crippen LogP contribution in [-0.4, -0.2) is 95.8 Å². The third-order valence-electron chi connectivity index (χ3n) is 8.57. The molecule has 3 N–H and O–H groups in total. The van der Waals surface area contributed by atoms with Crippen LogP contribution < -0.4 is 15.4 Å². The number of aryl methyl sites for hydroxylation is 1. The number of nitrogens with zero attached hydrogens (tertiary/aromatic N) is 4. The molecule has 0 saturated carbocycles. The summed E-state index contributed by atoms with van der Waals surface area (Å²) in [5.74, 6) is -0.663. The van der Waals surface area contributed by atoms with Crippen molar-refractivity contribution in [3.63, 3.8) is 0 Å². The number of hydrogen-bond acceptors (Lipinski definition) is 8. The summed E-state index contributed by atoms with van der Waals surface area (Å²) in [6.45, 7) is 5.40. The van der Waals surface area contributed by atoms with Crippen LogP contribution in [0.1, 0.15) is 56.0 Å². The molecule has 3 aromatic rings. The van der Waals surface area contributed by atoms with Crippen molar-refractivity contribution in [3.8, 4) is 5.75 Å². The SMILES string of the molecule is C[C@@H]1CN([C@@H](C)CO)C(=O)c2cc(NC(=O)Nc3ccc(C(F)(F)F)cc3)ccc2O[C@@H](C)CCCCO[C@@H]1CN(C)S(=O)(=O)c1cn(C)cn1. The van der Waals surface area contributed by atoms with Crippen molar-refractivity contribution in [2.45, 2.75) is 69.5 Å². The molecule has 0 fully saturated rings. The minimum atomic E-state index is -4.52. The highest BCUT2D eigenvalue weighted by Crippen LogP contribution is 2.31. The lowest BCUT2D eigenvalue weighted by molar-refractivity contribution is -0.137. The van der Waals surface area contributed by atoms with Gasteiger partial charge in [-0.3, -0.25) is 4.79 Å². The van der Waals surface area contributed by atoms with E-state index in [1.54, 1.807) is 26.1 Å². The fraction of sp³-hybridized carbons (Fsp3) is 0.500. The van der Waals surface area contributed by atoms with Gasteiger partial charge in [0.15, 0.2) is 5.03 Å². The molecule has 0 aliphatic carbocycles. The van der Waals surface area contributed by atoms with Gasteiger partial charge in [0, 0.05) is 57.3 Å². The van der Waals surface area contributed by atoms with Gasteiger partial charge in [-0.25, -0.2) is 18.2 Å². The lowest BCUT2D eigenvalue weighted by atomic mass is 10.0. The molecule has 2 aromatic carbocycles. The first kappa shape index (κ1) is 39.6. The molecule has 0 spiro atoms. The van der Waals surface area contributed by atoms with Gasteiger partial charge in [0.1, 0.15) is 5.75 Å². The van der Waals surface area contributed by atoms with Crippen molar-refractivity contribution in [1.82, 2.24) is 18.8 Å². The molecule has 3 amide bonds. The van der Waals surface area contributed by atoms with Gasteiger partial charge >= 0.3 is 12.2 Å². The van der Waals surface area contributed by atoms with E-state index in [9.17, 15) is 36.3 Å². The number of hydrogen-bond donors (Lipinski definition) is 3. The van der Waals surface area contributed by atoms with Crippen LogP contribution in [0.2, 0.25) is 0 Å². The van der Waals surface area contributed by atoms with Crippen molar-refractivity contribution in [2.24, 2.45) is 13.0 Å². The predicted octanol–water partition coefficient (Wildman–Crippen LogP) is 5.20. The molecule has 4 atom stereocenters. The van der Waals surface area contributed by atoms with Crippen molar-refractivity contribution < 1.29 is 45.8 Å². The van der Waals surface area contributed by atoms with Gasteiger partial charge in [0.05, 0.1) is 42.3 Å². The van der Waals surface area contributed by atoms with Crippen LogP contribution in [0.25, 0.3) is 0 Å². The topological polar surface area (TPSA) is 155 Å². The largest absolute Gasteiger partial charge is 0.490 e.